The number of halogens is 1. The van der Waals surface area contributed by atoms with Crippen LogP contribution in [0, 0.1) is 0 Å². The minimum Gasteiger partial charge on any atom is -0.486 e. The van der Waals surface area contributed by atoms with Crippen LogP contribution in [0.3, 0.4) is 0 Å². The van der Waals surface area contributed by atoms with Gasteiger partial charge in [0.1, 0.15) is 18.1 Å². The van der Waals surface area contributed by atoms with E-state index in [1.165, 1.54) is 16.4 Å². The largest absolute Gasteiger partial charge is 0.486 e. The number of amides is 1. The van der Waals surface area contributed by atoms with E-state index in [1.807, 2.05) is 25.1 Å². The lowest BCUT2D eigenvalue weighted by Gasteiger charge is -2.27. The molecular formula is C22H25ClN2O6S. The SMILES string of the molecule is CCN(Cc1cccc2c1OCCO2)C(=O)c1ccc(Cl)c(S(=O)(=O)N2CCOCC2)c1. The molecule has 0 unspecified atom stereocenters. The summed E-state index contributed by atoms with van der Waals surface area (Å²) in [5, 5.41) is 0.0822. The third-order valence-electron chi connectivity index (χ3n) is 5.44. The topological polar surface area (TPSA) is 85.4 Å². The van der Waals surface area contributed by atoms with E-state index >= 15 is 0 Å². The predicted molar refractivity (Wildman–Crippen MR) is 119 cm³/mol. The lowest BCUT2D eigenvalue weighted by Crippen LogP contribution is -2.40. The lowest BCUT2D eigenvalue weighted by atomic mass is 10.1. The van der Waals surface area contributed by atoms with E-state index in [9.17, 15) is 13.2 Å². The summed E-state index contributed by atoms with van der Waals surface area (Å²) < 4.78 is 44.2. The number of hydrogen-bond acceptors (Lipinski definition) is 6. The van der Waals surface area contributed by atoms with Gasteiger partial charge in [-0.2, -0.15) is 4.31 Å². The van der Waals surface area contributed by atoms with Gasteiger partial charge in [0.05, 0.1) is 18.2 Å². The fourth-order valence-corrected chi connectivity index (χ4v) is 5.64. The van der Waals surface area contributed by atoms with Crippen molar-refractivity contribution in [1.29, 1.82) is 0 Å². The molecule has 0 radical (unpaired) electrons. The third-order valence-corrected chi connectivity index (χ3v) is 7.82. The van der Waals surface area contributed by atoms with Crippen LogP contribution in [-0.2, 0) is 21.3 Å². The van der Waals surface area contributed by atoms with Crippen molar-refractivity contribution in [3.63, 3.8) is 0 Å². The number of rotatable bonds is 6. The Labute approximate surface area is 192 Å². The second-order valence-electron chi connectivity index (χ2n) is 7.42. The molecule has 0 bridgehead atoms. The predicted octanol–water partition coefficient (Wildman–Crippen LogP) is 2.79. The number of para-hydroxylation sites is 1. The zero-order valence-corrected chi connectivity index (χ0v) is 19.3. The first-order chi connectivity index (χ1) is 15.4. The Bertz CT molecular complexity index is 1100. The van der Waals surface area contributed by atoms with E-state index in [0.29, 0.717) is 51.0 Å². The van der Waals surface area contributed by atoms with Crippen molar-refractivity contribution in [2.75, 3.05) is 46.1 Å². The van der Waals surface area contributed by atoms with Gasteiger partial charge in [-0.05, 0) is 31.2 Å². The van der Waals surface area contributed by atoms with Crippen molar-refractivity contribution in [1.82, 2.24) is 9.21 Å². The molecule has 2 aliphatic heterocycles. The molecule has 0 N–H and O–H groups in total. The first-order valence-electron chi connectivity index (χ1n) is 10.5. The van der Waals surface area contributed by atoms with E-state index < -0.39 is 10.0 Å². The maximum Gasteiger partial charge on any atom is 0.254 e. The second-order valence-corrected chi connectivity index (χ2v) is 9.74. The van der Waals surface area contributed by atoms with E-state index in [-0.39, 0.29) is 34.5 Å². The molecule has 2 aromatic rings. The molecule has 0 saturated carbocycles. The van der Waals surface area contributed by atoms with Crippen LogP contribution in [0.4, 0.5) is 0 Å². The molecule has 0 atom stereocenters. The molecule has 1 saturated heterocycles. The molecule has 0 spiro atoms. The van der Waals surface area contributed by atoms with Gasteiger partial charge in [-0.3, -0.25) is 4.79 Å². The lowest BCUT2D eigenvalue weighted by molar-refractivity contribution is 0.0729. The van der Waals surface area contributed by atoms with Crippen LogP contribution in [-0.4, -0.2) is 69.6 Å². The number of hydrogen-bond donors (Lipinski definition) is 0. The fraction of sp³-hybridized carbons (Fsp3) is 0.409. The van der Waals surface area contributed by atoms with Crippen LogP contribution in [0.15, 0.2) is 41.3 Å². The summed E-state index contributed by atoms with van der Waals surface area (Å²) in [7, 11) is -3.84. The molecule has 4 rings (SSSR count). The number of benzene rings is 2. The van der Waals surface area contributed by atoms with Crippen LogP contribution in [0.5, 0.6) is 11.5 Å². The third kappa shape index (κ3) is 4.56. The maximum atomic E-state index is 13.3. The van der Waals surface area contributed by atoms with Crippen LogP contribution in [0.1, 0.15) is 22.8 Å². The molecule has 1 fully saturated rings. The summed E-state index contributed by atoms with van der Waals surface area (Å²) >= 11 is 6.23. The van der Waals surface area contributed by atoms with E-state index in [1.54, 1.807) is 11.0 Å². The summed E-state index contributed by atoms with van der Waals surface area (Å²) in [6.45, 7) is 4.68. The van der Waals surface area contributed by atoms with Gasteiger partial charge >= 0.3 is 0 Å². The zero-order chi connectivity index (χ0) is 22.7. The number of sulfonamides is 1. The van der Waals surface area contributed by atoms with E-state index in [4.69, 9.17) is 25.8 Å². The van der Waals surface area contributed by atoms with Gasteiger partial charge in [0.2, 0.25) is 10.0 Å². The highest BCUT2D eigenvalue weighted by atomic mass is 35.5. The standard InChI is InChI=1S/C22H25ClN2O6S/c1-2-24(15-17-4-3-5-19-21(17)31-13-12-30-19)22(26)16-6-7-18(23)20(14-16)32(27,28)25-8-10-29-11-9-25/h3-7,14H,2,8-13,15H2,1H3. The van der Waals surface area contributed by atoms with E-state index in [2.05, 4.69) is 0 Å². The Morgan fingerprint density at radius 1 is 1.09 bits per heavy atom. The van der Waals surface area contributed by atoms with Gasteiger partial charge in [0.25, 0.3) is 5.91 Å². The Hall–Kier alpha value is -2.33. The monoisotopic (exact) mass is 480 g/mol. The fourth-order valence-electron chi connectivity index (χ4n) is 3.73. The normalized spacial score (nSPS) is 16.6. The zero-order valence-electron chi connectivity index (χ0n) is 17.8. The molecule has 0 aliphatic carbocycles. The molecule has 1 amide bonds. The molecule has 2 heterocycles. The summed E-state index contributed by atoms with van der Waals surface area (Å²) in [6, 6.07) is 9.94. The van der Waals surface area contributed by atoms with Crippen LogP contribution in [0.2, 0.25) is 5.02 Å². The van der Waals surface area contributed by atoms with Crippen molar-refractivity contribution in [2.24, 2.45) is 0 Å². The molecule has 2 aliphatic rings. The minimum atomic E-state index is -3.84. The maximum absolute atomic E-state index is 13.3. The quantitative estimate of drug-likeness (QED) is 0.632. The number of morpholine rings is 1. The molecule has 10 heteroatoms. The van der Waals surface area contributed by atoms with Gasteiger partial charge < -0.3 is 19.1 Å². The van der Waals surface area contributed by atoms with Crippen molar-refractivity contribution in [3.05, 3.63) is 52.5 Å². The molecular weight excluding hydrogens is 456 g/mol. The summed E-state index contributed by atoms with van der Waals surface area (Å²) in [6.07, 6.45) is 0. The smallest absolute Gasteiger partial charge is 0.254 e. The average molecular weight is 481 g/mol. The van der Waals surface area contributed by atoms with Crippen molar-refractivity contribution in [2.45, 2.75) is 18.4 Å². The molecule has 0 aromatic heterocycles. The summed E-state index contributed by atoms with van der Waals surface area (Å²) in [5.74, 6) is 0.997. The highest BCUT2D eigenvalue weighted by Gasteiger charge is 2.30. The van der Waals surface area contributed by atoms with Gasteiger partial charge in [0, 0.05) is 37.3 Å². The van der Waals surface area contributed by atoms with Gasteiger partial charge in [-0.1, -0.05) is 23.7 Å². The van der Waals surface area contributed by atoms with Crippen LogP contribution < -0.4 is 9.47 Å². The number of ether oxygens (including phenoxy) is 3. The summed E-state index contributed by atoms with van der Waals surface area (Å²) in [5.41, 5.74) is 1.08. The highest BCUT2D eigenvalue weighted by Crippen LogP contribution is 2.34. The van der Waals surface area contributed by atoms with Gasteiger partial charge in [-0.15, -0.1) is 0 Å². The molecule has 2 aromatic carbocycles. The number of nitrogens with zero attached hydrogens (tertiary/aromatic N) is 2. The highest BCUT2D eigenvalue weighted by molar-refractivity contribution is 7.89. The molecule has 32 heavy (non-hydrogen) atoms. The molecule has 8 nitrogen and oxygen atoms in total. The molecule has 172 valence electrons. The summed E-state index contributed by atoms with van der Waals surface area (Å²) in [4.78, 5) is 14.9. The Kier molecular flexibility index (Phi) is 6.90. The van der Waals surface area contributed by atoms with Gasteiger partial charge in [-0.25, -0.2) is 8.42 Å². The van der Waals surface area contributed by atoms with Crippen molar-refractivity contribution < 1.29 is 27.4 Å². The minimum absolute atomic E-state index is 0.0724. The Balaban J connectivity index is 1.60. The first kappa shape index (κ1) is 22.8. The number of fused-ring (bicyclic) bond motifs is 1. The average Bonchev–Trinajstić information content (AvgIpc) is 2.83. The van der Waals surface area contributed by atoms with Crippen molar-refractivity contribution in [3.8, 4) is 11.5 Å². The van der Waals surface area contributed by atoms with E-state index in [0.717, 1.165) is 5.56 Å². The number of carbonyl (C=O) groups excluding carboxylic acids is 1. The van der Waals surface area contributed by atoms with Crippen molar-refractivity contribution >= 4 is 27.5 Å². The Morgan fingerprint density at radius 2 is 1.84 bits per heavy atom. The Morgan fingerprint density at radius 3 is 2.59 bits per heavy atom. The second kappa shape index (κ2) is 9.66. The van der Waals surface area contributed by atoms with Crippen LogP contribution in [0.25, 0.3) is 0 Å². The van der Waals surface area contributed by atoms with Gasteiger partial charge in [0.15, 0.2) is 11.5 Å². The first-order valence-corrected chi connectivity index (χ1v) is 12.3. The van der Waals surface area contributed by atoms with Crippen LogP contribution >= 0.6 is 11.6 Å². The number of carbonyl (C=O) groups is 1.